The lowest BCUT2D eigenvalue weighted by atomic mass is 9.83. The van der Waals surface area contributed by atoms with Crippen molar-refractivity contribution in [1.29, 1.82) is 0 Å². The van der Waals surface area contributed by atoms with Gasteiger partial charge in [0.2, 0.25) is 0 Å². The summed E-state index contributed by atoms with van der Waals surface area (Å²) < 4.78 is 23.0. The first-order chi connectivity index (χ1) is 28.7. The zero-order valence-electron chi connectivity index (χ0n) is 35.2. The van der Waals surface area contributed by atoms with Crippen LogP contribution >= 0.6 is 0 Å². The first-order valence-corrected chi connectivity index (χ1v) is 21.8. The molecule has 0 heterocycles. The van der Waals surface area contributed by atoms with Crippen LogP contribution in [0.25, 0.3) is 43.1 Å². The van der Waals surface area contributed by atoms with E-state index in [-0.39, 0.29) is 70.5 Å². The number of nitro groups is 1. The van der Waals surface area contributed by atoms with Crippen LogP contribution in [0.4, 0.5) is 5.69 Å². The van der Waals surface area contributed by atoms with Gasteiger partial charge >= 0.3 is 23.9 Å². The first kappa shape index (κ1) is 44.8. The van der Waals surface area contributed by atoms with E-state index in [4.69, 9.17) is 18.9 Å². The summed E-state index contributed by atoms with van der Waals surface area (Å²) in [5.41, 5.74) is -0.152. The molecule has 0 bridgehead atoms. The number of carbonyl (C=O) groups excluding carboxylic acids is 4. The van der Waals surface area contributed by atoms with E-state index in [1.54, 1.807) is 30.3 Å². The van der Waals surface area contributed by atoms with Gasteiger partial charge in [-0.2, -0.15) is 0 Å². The summed E-state index contributed by atoms with van der Waals surface area (Å²) in [6.45, 7) is 9.04. The second-order valence-corrected chi connectivity index (χ2v) is 15.3. The average Bonchev–Trinajstić information content (AvgIpc) is 3.24. The fraction of sp³-hybridized carbons (Fsp3) is 0.500. The summed E-state index contributed by atoms with van der Waals surface area (Å²) >= 11 is 0. The number of nitrogens with zero attached hydrogens (tertiary/aromatic N) is 1. The van der Waals surface area contributed by atoms with Crippen LogP contribution in [0.15, 0.2) is 42.5 Å². The molecule has 0 saturated carbocycles. The Morgan fingerprint density at radius 3 is 1.14 bits per heavy atom. The van der Waals surface area contributed by atoms with Crippen LogP contribution in [0, 0.1) is 10.1 Å². The van der Waals surface area contributed by atoms with Crippen LogP contribution in [0.1, 0.15) is 172 Å². The number of rotatable bonds is 25. The van der Waals surface area contributed by atoms with Crippen LogP contribution in [0.5, 0.6) is 0 Å². The molecule has 11 nitrogen and oxygen atoms in total. The molecule has 0 N–H and O–H groups in total. The maximum Gasteiger partial charge on any atom is 0.339 e. The minimum absolute atomic E-state index is 0.0829. The third kappa shape index (κ3) is 10.5. The molecule has 0 aromatic heterocycles. The highest BCUT2D eigenvalue weighted by Gasteiger charge is 2.31. The predicted molar refractivity (Wildman–Crippen MR) is 232 cm³/mol. The summed E-state index contributed by atoms with van der Waals surface area (Å²) in [4.78, 5) is 68.2. The van der Waals surface area contributed by atoms with Crippen molar-refractivity contribution in [3.8, 4) is 0 Å². The number of hydrogen-bond donors (Lipinski definition) is 0. The molecule has 0 amide bonds. The second-order valence-electron chi connectivity index (χ2n) is 15.3. The van der Waals surface area contributed by atoms with Crippen molar-refractivity contribution in [2.75, 3.05) is 26.4 Å². The van der Waals surface area contributed by atoms with Gasteiger partial charge in [0.15, 0.2) is 0 Å². The maximum absolute atomic E-state index is 14.0. The molecule has 316 valence electrons. The number of benzene rings is 5. The summed E-state index contributed by atoms with van der Waals surface area (Å²) in [5, 5.41) is 15.8. The minimum atomic E-state index is -0.782. The number of carbonyl (C=O) groups is 4. The SMILES string of the molecule is CCCCCCOC(=O)c1ccc2c3ccc(C(=O)OCCCCCC)c4c(C(=O)OCCCCCC)cc([N+](=O)[O-])c(c5ccc(C(=O)OCCCCCC)c1c25)c43. The van der Waals surface area contributed by atoms with E-state index in [1.165, 1.54) is 12.1 Å². The summed E-state index contributed by atoms with van der Waals surface area (Å²) in [7, 11) is 0. The molecule has 0 radical (unpaired) electrons. The van der Waals surface area contributed by atoms with Crippen molar-refractivity contribution >= 4 is 72.7 Å². The first-order valence-electron chi connectivity index (χ1n) is 21.8. The van der Waals surface area contributed by atoms with Crippen molar-refractivity contribution in [3.63, 3.8) is 0 Å². The molecular weight excluding hydrogens is 751 g/mol. The van der Waals surface area contributed by atoms with E-state index < -0.39 is 28.8 Å². The number of nitro benzene ring substituents is 1. The van der Waals surface area contributed by atoms with E-state index in [0.29, 0.717) is 52.6 Å². The summed E-state index contributed by atoms with van der Waals surface area (Å²) in [5.74, 6) is -2.69. The molecule has 11 heteroatoms. The third-order valence-corrected chi connectivity index (χ3v) is 11.0. The van der Waals surface area contributed by atoms with Crippen LogP contribution in [0.2, 0.25) is 0 Å². The molecule has 0 spiro atoms. The molecule has 0 saturated heterocycles. The second kappa shape index (κ2) is 22.2. The Hall–Kier alpha value is -5.32. The van der Waals surface area contributed by atoms with Gasteiger partial charge in [0, 0.05) is 22.2 Å². The Labute approximate surface area is 346 Å². The quantitative estimate of drug-likeness (QED) is 0.0106. The highest BCUT2D eigenvalue weighted by Crippen LogP contribution is 2.47. The van der Waals surface area contributed by atoms with Crippen LogP contribution < -0.4 is 0 Å². The average molecular weight is 810 g/mol. The van der Waals surface area contributed by atoms with Gasteiger partial charge in [0.05, 0.1) is 59.0 Å². The highest BCUT2D eigenvalue weighted by atomic mass is 16.6. The third-order valence-electron chi connectivity index (χ3n) is 11.0. The van der Waals surface area contributed by atoms with Crippen LogP contribution in [-0.2, 0) is 18.9 Å². The molecule has 0 fully saturated rings. The molecule has 59 heavy (non-hydrogen) atoms. The highest BCUT2D eigenvalue weighted by molar-refractivity contribution is 6.39. The Morgan fingerprint density at radius 1 is 0.424 bits per heavy atom. The fourth-order valence-electron chi connectivity index (χ4n) is 7.88. The predicted octanol–water partition coefficient (Wildman–Crippen LogP) is 12.6. The lowest BCUT2D eigenvalue weighted by molar-refractivity contribution is -0.383. The zero-order valence-corrected chi connectivity index (χ0v) is 35.2. The smallest absolute Gasteiger partial charge is 0.339 e. The molecule has 5 aromatic rings. The Balaban J connectivity index is 1.78. The van der Waals surface area contributed by atoms with Gasteiger partial charge in [0.1, 0.15) is 0 Å². The molecule has 0 aliphatic rings. The lowest BCUT2D eigenvalue weighted by Gasteiger charge is -2.20. The number of esters is 4. The Morgan fingerprint density at radius 2 is 0.763 bits per heavy atom. The van der Waals surface area contributed by atoms with Crippen molar-refractivity contribution in [1.82, 2.24) is 0 Å². The fourth-order valence-corrected chi connectivity index (χ4v) is 7.88. The van der Waals surface area contributed by atoms with Gasteiger partial charge < -0.3 is 18.9 Å². The van der Waals surface area contributed by atoms with E-state index in [0.717, 1.165) is 77.0 Å². The standard InChI is InChI=1S/C48H59NO10/c1-5-9-13-17-27-56-45(50)35-24-21-32-33-22-25-37(47(52)58-29-19-15-11-7-3)42-38(48(53)59-30-20-16-12-8-4)31-39(49(54)55)43(44(33)42)34-23-26-36(41(35)40(32)34)46(51)57-28-18-14-10-6-2/h21-26,31H,5-20,27-30H2,1-4H3. The molecule has 0 unspecified atom stereocenters. The molecule has 5 rings (SSSR count). The number of non-ortho nitro benzene ring substituents is 1. The van der Waals surface area contributed by atoms with Gasteiger partial charge in [-0.1, -0.05) is 123 Å². The van der Waals surface area contributed by atoms with Gasteiger partial charge in [-0.25, -0.2) is 19.2 Å². The Kier molecular flexibility index (Phi) is 16.8. The molecule has 0 aliphatic carbocycles. The largest absolute Gasteiger partial charge is 0.462 e. The van der Waals surface area contributed by atoms with Gasteiger partial charge in [0.25, 0.3) is 5.69 Å². The summed E-state index contributed by atoms with van der Waals surface area (Å²) in [6, 6.07) is 10.9. The lowest BCUT2D eigenvalue weighted by Crippen LogP contribution is -2.14. The van der Waals surface area contributed by atoms with Crippen molar-refractivity contribution < 1.29 is 43.0 Å². The number of hydrogen-bond acceptors (Lipinski definition) is 10. The molecule has 0 aliphatic heterocycles. The topological polar surface area (TPSA) is 148 Å². The summed E-state index contributed by atoms with van der Waals surface area (Å²) in [6.07, 6.45) is 14.2. The van der Waals surface area contributed by atoms with E-state index in [9.17, 15) is 29.3 Å². The van der Waals surface area contributed by atoms with Crippen LogP contribution in [-0.4, -0.2) is 55.2 Å². The van der Waals surface area contributed by atoms with E-state index in [2.05, 4.69) is 27.7 Å². The zero-order chi connectivity index (χ0) is 42.3. The van der Waals surface area contributed by atoms with Gasteiger partial charge in [-0.15, -0.1) is 0 Å². The monoisotopic (exact) mass is 809 g/mol. The van der Waals surface area contributed by atoms with Crippen molar-refractivity contribution in [2.24, 2.45) is 0 Å². The maximum atomic E-state index is 14.0. The van der Waals surface area contributed by atoms with Crippen LogP contribution in [0.3, 0.4) is 0 Å². The molecular formula is C48H59NO10. The van der Waals surface area contributed by atoms with E-state index >= 15 is 0 Å². The minimum Gasteiger partial charge on any atom is -0.462 e. The van der Waals surface area contributed by atoms with Crippen molar-refractivity contribution in [3.05, 3.63) is 74.8 Å². The molecule has 0 atom stereocenters. The normalized spacial score (nSPS) is 11.5. The van der Waals surface area contributed by atoms with Gasteiger partial charge in [-0.3, -0.25) is 10.1 Å². The number of fused-ring (bicyclic) bond motifs is 2. The van der Waals surface area contributed by atoms with Crippen molar-refractivity contribution in [2.45, 2.75) is 130 Å². The Bertz CT molecular complexity index is 2230. The number of ether oxygens (including phenoxy) is 4. The van der Waals surface area contributed by atoms with E-state index in [1.807, 2.05) is 0 Å². The molecule has 5 aromatic carbocycles. The number of unbranched alkanes of at least 4 members (excludes halogenated alkanes) is 12. The van der Waals surface area contributed by atoms with Gasteiger partial charge in [-0.05, 0) is 65.4 Å².